The van der Waals surface area contributed by atoms with Gasteiger partial charge in [-0.25, -0.2) is 9.69 Å². The molecule has 2 rings (SSSR count). The highest BCUT2D eigenvalue weighted by Gasteiger charge is 2.56. The Labute approximate surface area is 157 Å². The average Bonchev–Trinajstić information content (AvgIpc) is 2.60. The van der Waals surface area contributed by atoms with Crippen LogP contribution in [0.25, 0.3) is 0 Å². The third kappa shape index (κ3) is 4.15. The van der Waals surface area contributed by atoms with Gasteiger partial charge in [-0.15, -0.1) is 0 Å². The van der Waals surface area contributed by atoms with Crippen LogP contribution in [-0.4, -0.2) is 41.9 Å². The molecule has 0 spiro atoms. The maximum atomic E-state index is 12.8. The normalized spacial score (nSPS) is 20.7. The van der Waals surface area contributed by atoms with E-state index < -0.39 is 32.2 Å². The van der Waals surface area contributed by atoms with Gasteiger partial charge in [-0.1, -0.05) is 26.8 Å². The number of nitrogens with zero attached hydrogens (tertiary/aromatic N) is 2. The molecule has 144 valence electrons. The van der Waals surface area contributed by atoms with Gasteiger partial charge >= 0.3 is 6.09 Å². The summed E-state index contributed by atoms with van der Waals surface area (Å²) in [6.45, 7) is 11.7. The molecule has 2 heterocycles. The molecule has 0 aliphatic carbocycles. The number of aromatic nitrogens is 1. The molecule has 6 nitrogen and oxygen atoms in total. The predicted octanol–water partition coefficient (Wildman–Crippen LogP) is 4.29. The second kappa shape index (κ2) is 7.88. The Bertz CT molecular complexity index is 632. The molecule has 1 aliphatic rings. The van der Waals surface area contributed by atoms with Gasteiger partial charge in [-0.2, -0.15) is 0 Å². The summed E-state index contributed by atoms with van der Waals surface area (Å²) in [5, 5.41) is 0. The van der Waals surface area contributed by atoms with E-state index in [-0.39, 0.29) is 5.91 Å². The number of hydrogen-bond donors (Lipinski definition) is 0. The first-order valence-corrected chi connectivity index (χ1v) is 11.9. The zero-order chi connectivity index (χ0) is 19.5. The van der Waals surface area contributed by atoms with E-state index in [9.17, 15) is 9.59 Å². The number of pyridine rings is 1. The minimum atomic E-state index is -2.01. The van der Waals surface area contributed by atoms with Gasteiger partial charge in [0.05, 0.1) is 5.69 Å². The standard InChI is InChI=1S/C19H30N2O4Si/c1-7-26(8-2,9-3)25-16-15(14-12-10-11-13-20-14)21(17(16)22)18(23)24-19(4,5)6/h10-13,15-16H,7-9H2,1-6H3/t15-,16+/m1/s1. The third-order valence-corrected chi connectivity index (χ3v) is 9.56. The first-order valence-electron chi connectivity index (χ1n) is 9.32. The average molecular weight is 379 g/mol. The van der Waals surface area contributed by atoms with E-state index in [2.05, 4.69) is 25.8 Å². The zero-order valence-electron chi connectivity index (χ0n) is 16.6. The molecule has 2 atom stereocenters. The fourth-order valence-corrected chi connectivity index (χ4v) is 5.97. The van der Waals surface area contributed by atoms with Crippen molar-refractivity contribution in [1.82, 2.24) is 9.88 Å². The van der Waals surface area contributed by atoms with E-state index in [0.29, 0.717) is 5.69 Å². The lowest BCUT2D eigenvalue weighted by molar-refractivity contribution is -0.162. The number of ether oxygens (including phenoxy) is 1. The summed E-state index contributed by atoms with van der Waals surface area (Å²) in [5.74, 6) is -0.331. The van der Waals surface area contributed by atoms with Crippen molar-refractivity contribution in [3.63, 3.8) is 0 Å². The molecule has 26 heavy (non-hydrogen) atoms. The van der Waals surface area contributed by atoms with Gasteiger partial charge in [0.15, 0.2) is 14.4 Å². The van der Waals surface area contributed by atoms with Crippen molar-refractivity contribution < 1.29 is 18.8 Å². The van der Waals surface area contributed by atoms with E-state index in [0.717, 1.165) is 23.0 Å². The maximum Gasteiger partial charge on any atom is 0.417 e. The molecule has 1 aromatic heterocycles. The Morgan fingerprint density at radius 3 is 2.27 bits per heavy atom. The molecule has 1 fully saturated rings. The van der Waals surface area contributed by atoms with Crippen molar-refractivity contribution in [1.29, 1.82) is 0 Å². The summed E-state index contributed by atoms with van der Waals surface area (Å²) in [5.41, 5.74) is -0.0265. The lowest BCUT2D eigenvalue weighted by Crippen LogP contribution is -2.65. The quantitative estimate of drug-likeness (QED) is 0.545. The van der Waals surface area contributed by atoms with Crippen LogP contribution in [0.3, 0.4) is 0 Å². The van der Waals surface area contributed by atoms with Crippen molar-refractivity contribution in [2.24, 2.45) is 0 Å². The number of amides is 2. The van der Waals surface area contributed by atoms with E-state index in [1.165, 1.54) is 0 Å². The largest absolute Gasteiger partial charge is 0.443 e. The smallest absolute Gasteiger partial charge is 0.417 e. The maximum absolute atomic E-state index is 12.8. The van der Waals surface area contributed by atoms with E-state index in [4.69, 9.17) is 9.16 Å². The van der Waals surface area contributed by atoms with Gasteiger partial charge in [0.2, 0.25) is 0 Å². The summed E-state index contributed by atoms with van der Waals surface area (Å²) < 4.78 is 11.8. The van der Waals surface area contributed by atoms with Crippen molar-refractivity contribution in [3.8, 4) is 0 Å². The minimum absolute atomic E-state index is 0.331. The highest BCUT2D eigenvalue weighted by molar-refractivity contribution is 6.73. The molecule has 1 aromatic rings. The summed E-state index contributed by atoms with van der Waals surface area (Å²) in [6, 6.07) is 7.75. The molecule has 2 amide bonds. The number of imide groups is 1. The van der Waals surface area contributed by atoms with Gasteiger partial charge in [-0.05, 0) is 51.0 Å². The van der Waals surface area contributed by atoms with E-state index in [1.807, 2.05) is 12.1 Å². The third-order valence-electron chi connectivity index (χ3n) is 4.94. The monoisotopic (exact) mass is 378 g/mol. The van der Waals surface area contributed by atoms with E-state index in [1.54, 1.807) is 33.0 Å². The number of rotatable bonds is 6. The molecule has 7 heteroatoms. The molecule has 1 saturated heterocycles. The van der Waals surface area contributed by atoms with Gasteiger partial charge in [0.25, 0.3) is 5.91 Å². The van der Waals surface area contributed by atoms with Crippen LogP contribution in [0.2, 0.25) is 18.1 Å². The zero-order valence-corrected chi connectivity index (χ0v) is 17.6. The molecule has 0 saturated carbocycles. The lowest BCUT2D eigenvalue weighted by atomic mass is 9.95. The van der Waals surface area contributed by atoms with Crippen molar-refractivity contribution >= 4 is 20.3 Å². The van der Waals surface area contributed by atoms with Crippen molar-refractivity contribution in [2.45, 2.75) is 77.4 Å². The highest BCUT2D eigenvalue weighted by atomic mass is 28.4. The summed E-state index contributed by atoms with van der Waals surface area (Å²) in [7, 11) is -2.01. The molecular weight excluding hydrogens is 348 g/mol. The fourth-order valence-electron chi connectivity index (χ4n) is 3.20. The van der Waals surface area contributed by atoms with E-state index >= 15 is 0 Å². The first kappa shape index (κ1) is 20.6. The molecule has 0 N–H and O–H groups in total. The Morgan fingerprint density at radius 2 is 1.81 bits per heavy atom. The van der Waals surface area contributed by atoms with Gasteiger partial charge in [0, 0.05) is 6.20 Å². The van der Waals surface area contributed by atoms with Crippen molar-refractivity contribution in [2.75, 3.05) is 0 Å². The Hall–Kier alpha value is -1.73. The van der Waals surface area contributed by atoms with Crippen LogP contribution in [0.1, 0.15) is 53.3 Å². The van der Waals surface area contributed by atoms with Gasteiger partial charge in [-0.3, -0.25) is 9.78 Å². The van der Waals surface area contributed by atoms with Gasteiger partial charge in [0.1, 0.15) is 11.6 Å². The SMILES string of the molecule is CC[Si](CC)(CC)O[C@@H]1C(=O)N(C(=O)OC(C)(C)C)[C@@H]1c1ccccn1. The second-order valence-corrected chi connectivity index (χ2v) is 12.4. The Morgan fingerprint density at radius 1 is 1.19 bits per heavy atom. The van der Waals surface area contributed by atoms with Crippen LogP contribution < -0.4 is 0 Å². The summed E-state index contributed by atoms with van der Waals surface area (Å²) >= 11 is 0. The molecule has 0 unspecified atom stereocenters. The molecule has 0 aromatic carbocycles. The van der Waals surface area contributed by atoms with Crippen LogP contribution >= 0.6 is 0 Å². The topological polar surface area (TPSA) is 68.7 Å². The molecule has 1 aliphatic heterocycles. The molecule has 0 bridgehead atoms. The highest BCUT2D eigenvalue weighted by Crippen LogP contribution is 2.40. The molecule has 0 radical (unpaired) electrons. The Kier molecular flexibility index (Phi) is 6.23. The van der Waals surface area contributed by atoms with Crippen LogP contribution in [-0.2, 0) is 14.0 Å². The fraction of sp³-hybridized carbons (Fsp3) is 0.632. The van der Waals surface area contributed by atoms with Gasteiger partial charge < -0.3 is 9.16 Å². The minimum Gasteiger partial charge on any atom is -0.443 e. The number of hydrogen-bond acceptors (Lipinski definition) is 5. The second-order valence-electron chi connectivity index (χ2n) is 7.67. The van der Waals surface area contributed by atoms with Crippen LogP contribution in [0.4, 0.5) is 4.79 Å². The van der Waals surface area contributed by atoms with Crippen LogP contribution in [0.15, 0.2) is 24.4 Å². The number of β-lactam (4-membered cyclic amide) rings is 1. The number of likely N-dealkylation sites (tertiary alicyclic amines) is 1. The van der Waals surface area contributed by atoms with Crippen LogP contribution in [0.5, 0.6) is 0 Å². The lowest BCUT2D eigenvalue weighted by Gasteiger charge is -2.48. The molecular formula is C19H30N2O4Si. The number of carbonyl (C=O) groups is 2. The summed E-state index contributed by atoms with van der Waals surface area (Å²) in [6.07, 6.45) is 0.353. The first-order chi connectivity index (χ1) is 12.2. The summed E-state index contributed by atoms with van der Waals surface area (Å²) in [4.78, 5) is 30.9. The Balaban J connectivity index is 2.32. The number of carbonyl (C=O) groups excluding carboxylic acids is 2. The van der Waals surface area contributed by atoms with Crippen LogP contribution in [0, 0.1) is 0 Å². The van der Waals surface area contributed by atoms with Crippen molar-refractivity contribution in [3.05, 3.63) is 30.1 Å². The predicted molar refractivity (Wildman–Crippen MR) is 102 cm³/mol.